The Hall–Kier alpha value is -3.66. The molecule has 1 aromatic heterocycles. The minimum absolute atomic E-state index is 0.159. The largest absolute Gasteiger partial charge is 0.454 e. The van der Waals surface area contributed by atoms with Gasteiger partial charge in [0.05, 0.1) is 6.54 Å². The van der Waals surface area contributed by atoms with Crippen LogP contribution in [0, 0.1) is 6.92 Å². The molecule has 0 aliphatic carbocycles. The number of anilines is 2. The summed E-state index contributed by atoms with van der Waals surface area (Å²) >= 11 is 1.10. The van der Waals surface area contributed by atoms with Crippen molar-refractivity contribution in [2.45, 2.75) is 13.5 Å². The van der Waals surface area contributed by atoms with Crippen molar-refractivity contribution >= 4 is 34.6 Å². The van der Waals surface area contributed by atoms with Crippen LogP contribution in [0.4, 0.5) is 16.2 Å². The lowest BCUT2D eigenvalue weighted by molar-refractivity contribution is 0.102. The molecule has 0 unspecified atom stereocenters. The van der Waals surface area contributed by atoms with Crippen LogP contribution in [-0.2, 0) is 6.54 Å². The first kappa shape index (κ1) is 18.7. The van der Waals surface area contributed by atoms with E-state index >= 15 is 0 Å². The molecular formula is C19H17N5O4S. The van der Waals surface area contributed by atoms with Crippen molar-refractivity contribution < 1.29 is 19.1 Å². The molecule has 148 valence electrons. The van der Waals surface area contributed by atoms with E-state index < -0.39 is 5.91 Å². The summed E-state index contributed by atoms with van der Waals surface area (Å²) in [5, 5.41) is 16.8. The van der Waals surface area contributed by atoms with Crippen LogP contribution in [0.1, 0.15) is 20.4 Å². The molecule has 0 atom stereocenters. The molecule has 10 heteroatoms. The molecule has 0 fully saturated rings. The Morgan fingerprint density at radius 3 is 2.76 bits per heavy atom. The number of para-hydroxylation sites is 1. The van der Waals surface area contributed by atoms with E-state index in [1.807, 2.05) is 31.2 Å². The predicted octanol–water partition coefficient (Wildman–Crippen LogP) is 3.15. The monoisotopic (exact) mass is 411 g/mol. The van der Waals surface area contributed by atoms with Gasteiger partial charge < -0.3 is 25.4 Å². The Kier molecular flexibility index (Phi) is 5.25. The minimum atomic E-state index is -0.392. The highest BCUT2D eigenvalue weighted by atomic mass is 32.1. The Morgan fingerprint density at radius 2 is 1.90 bits per heavy atom. The van der Waals surface area contributed by atoms with Crippen LogP contribution in [0.2, 0.25) is 0 Å². The van der Waals surface area contributed by atoms with Crippen molar-refractivity contribution in [3.63, 3.8) is 0 Å². The van der Waals surface area contributed by atoms with Crippen molar-refractivity contribution in [3.8, 4) is 11.5 Å². The number of nitrogens with one attached hydrogen (secondary N) is 3. The van der Waals surface area contributed by atoms with Gasteiger partial charge in [-0.15, -0.1) is 10.2 Å². The van der Waals surface area contributed by atoms with Gasteiger partial charge in [0.15, 0.2) is 11.5 Å². The minimum Gasteiger partial charge on any atom is -0.454 e. The number of aromatic nitrogens is 2. The highest BCUT2D eigenvalue weighted by Gasteiger charge is 2.17. The van der Waals surface area contributed by atoms with Gasteiger partial charge in [-0.25, -0.2) is 4.79 Å². The fraction of sp³-hybridized carbons (Fsp3) is 0.158. The topological polar surface area (TPSA) is 114 Å². The summed E-state index contributed by atoms with van der Waals surface area (Å²) in [6, 6.07) is 12.2. The van der Waals surface area contributed by atoms with E-state index in [1.165, 1.54) is 0 Å². The highest BCUT2D eigenvalue weighted by Crippen LogP contribution is 2.34. The lowest BCUT2D eigenvalue weighted by Crippen LogP contribution is -2.28. The molecule has 1 aliphatic rings. The van der Waals surface area contributed by atoms with Crippen molar-refractivity contribution in [1.82, 2.24) is 15.5 Å². The normalized spacial score (nSPS) is 11.8. The summed E-state index contributed by atoms with van der Waals surface area (Å²) in [6.07, 6.45) is 0. The third-order valence-electron chi connectivity index (χ3n) is 4.08. The predicted molar refractivity (Wildman–Crippen MR) is 107 cm³/mol. The second kappa shape index (κ2) is 8.15. The maximum absolute atomic E-state index is 12.4. The fourth-order valence-electron chi connectivity index (χ4n) is 2.61. The highest BCUT2D eigenvalue weighted by molar-refractivity contribution is 7.13. The molecule has 2 aromatic carbocycles. The fourth-order valence-corrected chi connectivity index (χ4v) is 3.29. The number of ether oxygens (including phenoxy) is 2. The van der Waals surface area contributed by atoms with Gasteiger partial charge in [-0.1, -0.05) is 29.5 Å². The SMILES string of the molecule is Cc1ccccc1NC(=O)NCc1nnc(C(=O)Nc2ccc3c(c2)OCO3)s1. The second-order valence-corrected chi connectivity index (χ2v) is 7.21. The lowest BCUT2D eigenvalue weighted by atomic mass is 10.2. The van der Waals surface area contributed by atoms with Crippen LogP contribution in [0.15, 0.2) is 42.5 Å². The standard InChI is InChI=1S/C19H17N5O4S/c1-11-4-2-3-5-13(11)22-19(26)20-9-16-23-24-18(29-16)17(25)21-12-6-7-14-15(8-12)28-10-27-14/h2-8H,9-10H2,1H3,(H,21,25)(H2,20,22,26). The van der Waals surface area contributed by atoms with Crippen LogP contribution in [0.3, 0.4) is 0 Å². The number of amides is 3. The summed E-state index contributed by atoms with van der Waals surface area (Å²) in [6.45, 7) is 2.23. The quantitative estimate of drug-likeness (QED) is 0.594. The number of carbonyl (C=O) groups is 2. The number of benzene rings is 2. The van der Waals surface area contributed by atoms with Crippen LogP contribution in [0.25, 0.3) is 0 Å². The van der Waals surface area contributed by atoms with E-state index in [2.05, 4.69) is 26.1 Å². The first-order chi connectivity index (χ1) is 14.1. The third kappa shape index (κ3) is 4.43. The van der Waals surface area contributed by atoms with Crippen LogP contribution in [0.5, 0.6) is 11.5 Å². The Morgan fingerprint density at radius 1 is 1.07 bits per heavy atom. The summed E-state index contributed by atoms with van der Waals surface area (Å²) in [5.41, 5.74) is 2.25. The zero-order chi connectivity index (χ0) is 20.2. The Balaban J connectivity index is 1.31. The molecule has 0 saturated heterocycles. The molecule has 1 aliphatic heterocycles. The molecule has 4 rings (SSSR count). The van der Waals surface area contributed by atoms with E-state index in [-0.39, 0.29) is 24.4 Å². The Labute approximate surface area is 170 Å². The van der Waals surface area contributed by atoms with Crippen LogP contribution in [-0.4, -0.2) is 28.9 Å². The third-order valence-corrected chi connectivity index (χ3v) is 5.01. The number of rotatable bonds is 5. The van der Waals surface area contributed by atoms with Gasteiger partial charge in [-0.2, -0.15) is 0 Å². The number of hydrogen-bond acceptors (Lipinski definition) is 7. The van der Waals surface area contributed by atoms with Crippen molar-refractivity contribution in [2.75, 3.05) is 17.4 Å². The number of nitrogens with zero attached hydrogens (tertiary/aromatic N) is 2. The number of urea groups is 1. The molecule has 2 heterocycles. The van der Waals surface area contributed by atoms with Gasteiger partial charge in [-0.3, -0.25) is 4.79 Å². The average Bonchev–Trinajstić information content (AvgIpc) is 3.37. The van der Waals surface area contributed by atoms with Gasteiger partial charge in [0.25, 0.3) is 5.91 Å². The van der Waals surface area contributed by atoms with Crippen molar-refractivity contribution in [2.24, 2.45) is 0 Å². The second-order valence-electron chi connectivity index (χ2n) is 6.15. The maximum Gasteiger partial charge on any atom is 0.319 e. The van der Waals surface area contributed by atoms with Crippen molar-refractivity contribution in [3.05, 3.63) is 58.0 Å². The van der Waals surface area contributed by atoms with Gasteiger partial charge >= 0.3 is 6.03 Å². The number of fused-ring (bicyclic) bond motifs is 1. The first-order valence-corrected chi connectivity index (χ1v) is 9.54. The van der Waals surface area contributed by atoms with E-state index in [1.54, 1.807) is 18.2 Å². The summed E-state index contributed by atoms with van der Waals surface area (Å²) in [4.78, 5) is 24.4. The summed E-state index contributed by atoms with van der Waals surface area (Å²) in [7, 11) is 0. The van der Waals surface area contributed by atoms with Gasteiger partial charge in [-0.05, 0) is 30.7 Å². The molecule has 3 amide bonds. The number of aryl methyl sites for hydroxylation is 1. The van der Waals surface area contributed by atoms with E-state index in [0.29, 0.717) is 22.2 Å². The van der Waals surface area contributed by atoms with E-state index in [4.69, 9.17) is 9.47 Å². The zero-order valence-corrected chi connectivity index (χ0v) is 16.2. The van der Waals surface area contributed by atoms with Gasteiger partial charge in [0.2, 0.25) is 11.8 Å². The molecule has 9 nitrogen and oxygen atoms in total. The van der Waals surface area contributed by atoms with Crippen LogP contribution < -0.4 is 25.4 Å². The van der Waals surface area contributed by atoms with Crippen LogP contribution >= 0.6 is 11.3 Å². The Bertz CT molecular complexity index is 1070. The van der Waals surface area contributed by atoms with E-state index in [9.17, 15) is 9.59 Å². The molecule has 29 heavy (non-hydrogen) atoms. The summed E-state index contributed by atoms with van der Waals surface area (Å²) < 4.78 is 10.5. The molecular weight excluding hydrogens is 394 g/mol. The molecule has 0 spiro atoms. The molecule has 0 bridgehead atoms. The van der Waals surface area contributed by atoms with Crippen molar-refractivity contribution in [1.29, 1.82) is 0 Å². The molecule has 0 saturated carbocycles. The maximum atomic E-state index is 12.4. The van der Waals surface area contributed by atoms with E-state index in [0.717, 1.165) is 22.6 Å². The van der Waals surface area contributed by atoms with Gasteiger partial charge in [0.1, 0.15) is 5.01 Å². The molecule has 3 N–H and O–H groups in total. The van der Waals surface area contributed by atoms with Gasteiger partial charge in [0, 0.05) is 17.4 Å². The lowest BCUT2D eigenvalue weighted by Gasteiger charge is -2.08. The average molecular weight is 411 g/mol. The number of hydrogen-bond donors (Lipinski definition) is 3. The first-order valence-electron chi connectivity index (χ1n) is 8.72. The molecule has 3 aromatic rings. The summed E-state index contributed by atoms with van der Waals surface area (Å²) in [5.74, 6) is 0.817. The smallest absolute Gasteiger partial charge is 0.319 e. The zero-order valence-electron chi connectivity index (χ0n) is 15.4. The molecule has 0 radical (unpaired) electrons. The number of carbonyl (C=O) groups excluding carboxylic acids is 2.